The summed E-state index contributed by atoms with van der Waals surface area (Å²) in [6, 6.07) is 5.81. The molecule has 0 saturated carbocycles. The molecule has 70 valence electrons. The Kier molecular flexibility index (Phi) is 2.23. The van der Waals surface area contributed by atoms with Gasteiger partial charge in [-0.05, 0) is 44.0 Å². The predicted octanol–water partition coefficient (Wildman–Crippen LogP) is 1.46. The minimum absolute atomic E-state index is 0.442. The topological polar surface area (TPSA) is 32.3 Å². The molecule has 2 nitrogen and oxygen atoms in total. The maximum Gasteiger partial charge on any atom is 0.118 e. The van der Waals surface area contributed by atoms with Gasteiger partial charge < -0.3 is 10.4 Å². The standard InChI is InChI=1S/C11H15NO/c1-8-2-3-11(13)10(4-8)5-9-6-12-7-9/h2-4,9,12-13H,5-7H2,1H3. The van der Waals surface area contributed by atoms with Crippen LogP contribution in [-0.4, -0.2) is 18.2 Å². The zero-order valence-electron chi connectivity index (χ0n) is 7.88. The van der Waals surface area contributed by atoms with E-state index >= 15 is 0 Å². The van der Waals surface area contributed by atoms with Gasteiger partial charge in [0.2, 0.25) is 0 Å². The number of aryl methyl sites for hydroxylation is 1. The number of hydrogen-bond donors (Lipinski definition) is 2. The fourth-order valence-corrected chi connectivity index (χ4v) is 1.68. The molecule has 0 aromatic heterocycles. The summed E-state index contributed by atoms with van der Waals surface area (Å²) in [5.74, 6) is 1.16. The van der Waals surface area contributed by atoms with Crippen LogP contribution in [0, 0.1) is 12.8 Å². The molecule has 1 fully saturated rings. The van der Waals surface area contributed by atoms with E-state index in [1.54, 1.807) is 6.07 Å². The van der Waals surface area contributed by atoms with Crippen molar-refractivity contribution in [2.24, 2.45) is 5.92 Å². The average molecular weight is 177 g/mol. The van der Waals surface area contributed by atoms with Crippen molar-refractivity contribution >= 4 is 0 Å². The first-order valence-electron chi connectivity index (χ1n) is 4.75. The van der Waals surface area contributed by atoms with Crippen molar-refractivity contribution < 1.29 is 5.11 Å². The Bertz CT molecular complexity index is 305. The van der Waals surface area contributed by atoms with Crippen LogP contribution in [0.25, 0.3) is 0 Å². The van der Waals surface area contributed by atoms with Gasteiger partial charge in [-0.1, -0.05) is 17.7 Å². The Morgan fingerprint density at radius 3 is 2.85 bits per heavy atom. The molecule has 2 N–H and O–H groups in total. The Morgan fingerprint density at radius 2 is 2.23 bits per heavy atom. The summed E-state index contributed by atoms with van der Waals surface area (Å²) in [6.07, 6.45) is 1.00. The van der Waals surface area contributed by atoms with Crippen LogP contribution in [0.15, 0.2) is 18.2 Å². The molecule has 0 unspecified atom stereocenters. The Hall–Kier alpha value is -1.02. The van der Waals surface area contributed by atoms with Gasteiger partial charge in [-0.2, -0.15) is 0 Å². The van der Waals surface area contributed by atoms with Gasteiger partial charge in [-0.3, -0.25) is 0 Å². The monoisotopic (exact) mass is 177 g/mol. The van der Waals surface area contributed by atoms with E-state index in [9.17, 15) is 5.11 Å². The SMILES string of the molecule is Cc1ccc(O)c(CC2CNC2)c1. The molecule has 1 saturated heterocycles. The van der Waals surface area contributed by atoms with E-state index in [1.807, 2.05) is 6.07 Å². The molecule has 1 heterocycles. The highest BCUT2D eigenvalue weighted by atomic mass is 16.3. The van der Waals surface area contributed by atoms with Crippen LogP contribution < -0.4 is 5.32 Å². The van der Waals surface area contributed by atoms with Crippen molar-refractivity contribution in [2.45, 2.75) is 13.3 Å². The molecular formula is C11H15NO. The molecule has 13 heavy (non-hydrogen) atoms. The van der Waals surface area contributed by atoms with E-state index in [1.165, 1.54) is 5.56 Å². The van der Waals surface area contributed by atoms with Crippen molar-refractivity contribution in [3.63, 3.8) is 0 Å². The van der Waals surface area contributed by atoms with E-state index in [4.69, 9.17) is 0 Å². The third-order valence-electron chi connectivity index (χ3n) is 2.61. The Balaban J connectivity index is 2.13. The molecule has 1 aromatic rings. The first kappa shape index (κ1) is 8.57. The summed E-state index contributed by atoms with van der Waals surface area (Å²) in [5.41, 5.74) is 2.31. The summed E-state index contributed by atoms with van der Waals surface area (Å²) in [4.78, 5) is 0. The predicted molar refractivity (Wildman–Crippen MR) is 52.9 cm³/mol. The van der Waals surface area contributed by atoms with Crippen molar-refractivity contribution in [3.8, 4) is 5.75 Å². The van der Waals surface area contributed by atoms with Crippen molar-refractivity contribution in [1.82, 2.24) is 5.32 Å². The molecule has 2 rings (SSSR count). The summed E-state index contributed by atoms with van der Waals surface area (Å²) >= 11 is 0. The summed E-state index contributed by atoms with van der Waals surface area (Å²) in [6.45, 7) is 4.24. The molecule has 0 spiro atoms. The second kappa shape index (κ2) is 3.38. The third kappa shape index (κ3) is 1.83. The van der Waals surface area contributed by atoms with Crippen LogP contribution in [0.3, 0.4) is 0 Å². The Labute approximate surface area is 78.6 Å². The van der Waals surface area contributed by atoms with E-state index < -0.39 is 0 Å². The highest BCUT2D eigenvalue weighted by Crippen LogP contribution is 2.22. The van der Waals surface area contributed by atoms with Crippen LogP contribution in [-0.2, 0) is 6.42 Å². The molecule has 0 atom stereocenters. The lowest BCUT2D eigenvalue weighted by Gasteiger charge is -2.27. The fourth-order valence-electron chi connectivity index (χ4n) is 1.68. The number of phenols is 1. The number of rotatable bonds is 2. The lowest BCUT2D eigenvalue weighted by Crippen LogP contribution is -2.43. The quantitative estimate of drug-likeness (QED) is 0.717. The molecule has 2 heteroatoms. The van der Waals surface area contributed by atoms with Gasteiger partial charge in [-0.15, -0.1) is 0 Å². The van der Waals surface area contributed by atoms with Crippen molar-refractivity contribution in [2.75, 3.05) is 13.1 Å². The molecule has 1 aliphatic rings. The number of hydrogen-bond acceptors (Lipinski definition) is 2. The largest absolute Gasteiger partial charge is 0.508 e. The first-order valence-corrected chi connectivity index (χ1v) is 4.75. The van der Waals surface area contributed by atoms with Gasteiger partial charge in [0.1, 0.15) is 5.75 Å². The van der Waals surface area contributed by atoms with Crippen LogP contribution in [0.5, 0.6) is 5.75 Å². The molecule has 0 radical (unpaired) electrons. The van der Waals surface area contributed by atoms with Gasteiger partial charge in [0, 0.05) is 0 Å². The molecule has 1 aliphatic heterocycles. The lowest BCUT2D eigenvalue weighted by molar-refractivity contribution is 0.341. The maximum atomic E-state index is 9.58. The van der Waals surface area contributed by atoms with Crippen LogP contribution >= 0.6 is 0 Å². The third-order valence-corrected chi connectivity index (χ3v) is 2.61. The van der Waals surface area contributed by atoms with Gasteiger partial charge in [-0.25, -0.2) is 0 Å². The zero-order chi connectivity index (χ0) is 9.26. The minimum Gasteiger partial charge on any atom is -0.508 e. The molecule has 0 aliphatic carbocycles. The van der Waals surface area contributed by atoms with Crippen LogP contribution in [0.4, 0.5) is 0 Å². The van der Waals surface area contributed by atoms with Crippen LogP contribution in [0.1, 0.15) is 11.1 Å². The second-order valence-corrected chi connectivity index (χ2v) is 3.86. The van der Waals surface area contributed by atoms with Crippen molar-refractivity contribution in [1.29, 1.82) is 0 Å². The van der Waals surface area contributed by atoms with Crippen LogP contribution in [0.2, 0.25) is 0 Å². The number of nitrogens with one attached hydrogen (secondary N) is 1. The summed E-state index contributed by atoms with van der Waals surface area (Å²) in [7, 11) is 0. The van der Waals surface area contributed by atoms with Gasteiger partial charge >= 0.3 is 0 Å². The number of aromatic hydroxyl groups is 1. The normalized spacial score (nSPS) is 17.0. The maximum absolute atomic E-state index is 9.58. The van der Waals surface area contributed by atoms with Crippen molar-refractivity contribution in [3.05, 3.63) is 29.3 Å². The molecular weight excluding hydrogens is 162 g/mol. The van der Waals surface area contributed by atoms with Gasteiger partial charge in [0.05, 0.1) is 0 Å². The first-order chi connectivity index (χ1) is 6.25. The summed E-state index contributed by atoms with van der Waals surface area (Å²) < 4.78 is 0. The highest BCUT2D eigenvalue weighted by molar-refractivity contribution is 5.36. The van der Waals surface area contributed by atoms with E-state index in [0.717, 1.165) is 25.1 Å². The van der Waals surface area contributed by atoms with E-state index in [0.29, 0.717) is 11.7 Å². The van der Waals surface area contributed by atoms with Gasteiger partial charge in [0.15, 0.2) is 0 Å². The number of benzene rings is 1. The molecule has 0 bridgehead atoms. The zero-order valence-corrected chi connectivity index (χ0v) is 7.88. The van der Waals surface area contributed by atoms with E-state index in [2.05, 4.69) is 18.3 Å². The molecule has 0 amide bonds. The highest BCUT2D eigenvalue weighted by Gasteiger charge is 2.18. The second-order valence-electron chi connectivity index (χ2n) is 3.86. The average Bonchev–Trinajstić information content (AvgIpc) is 2.03. The summed E-state index contributed by atoms with van der Waals surface area (Å²) in [5, 5.41) is 12.8. The lowest BCUT2D eigenvalue weighted by atomic mass is 9.93. The molecule has 1 aromatic carbocycles. The minimum atomic E-state index is 0.442. The van der Waals surface area contributed by atoms with E-state index in [-0.39, 0.29) is 0 Å². The number of phenolic OH excluding ortho intramolecular Hbond substituents is 1. The smallest absolute Gasteiger partial charge is 0.118 e. The Morgan fingerprint density at radius 1 is 1.46 bits per heavy atom. The van der Waals surface area contributed by atoms with Gasteiger partial charge in [0.25, 0.3) is 0 Å². The fraction of sp³-hybridized carbons (Fsp3) is 0.455.